The Morgan fingerprint density at radius 1 is 1.22 bits per heavy atom. The normalized spacial score (nSPS) is 16.9. The lowest BCUT2D eigenvalue weighted by Crippen LogP contribution is -2.49. The van der Waals surface area contributed by atoms with E-state index in [1.807, 2.05) is 0 Å². The van der Waals surface area contributed by atoms with Gasteiger partial charge in [0.15, 0.2) is 11.5 Å². The Bertz CT molecular complexity index is 622. The lowest BCUT2D eigenvalue weighted by molar-refractivity contribution is -0.118. The fraction of sp³-hybridized carbons (Fsp3) is 0.500. The molecule has 1 heterocycles. The molecule has 0 fully saturated rings. The van der Waals surface area contributed by atoms with Crippen molar-refractivity contribution >= 4 is 17.7 Å². The second-order valence-corrected chi connectivity index (χ2v) is 6.26. The number of hydrogen-bond acceptors (Lipinski definition) is 5. The number of carbonyl (C=O) groups is 2. The van der Waals surface area contributed by atoms with Crippen molar-refractivity contribution in [2.24, 2.45) is 0 Å². The van der Waals surface area contributed by atoms with Crippen molar-refractivity contribution in [2.45, 2.75) is 38.8 Å². The minimum Gasteiger partial charge on any atom is -0.493 e. The van der Waals surface area contributed by atoms with Gasteiger partial charge in [-0.3, -0.25) is 4.79 Å². The molecule has 0 bridgehead atoms. The molecule has 7 heteroatoms. The van der Waals surface area contributed by atoms with E-state index in [9.17, 15) is 9.59 Å². The van der Waals surface area contributed by atoms with Crippen molar-refractivity contribution in [2.75, 3.05) is 19.5 Å². The average Bonchev–Trinajstić information content (AvgIpc) is 2.44. The minimum atomic E-state index is -0.699. The Morgan fingerprint density at radius 2 is 1.83 bits per heavy atom. The number of alkyl carbamates (subject to hydrolysis) is 1. The Hall–Kier alpha value is -2.44. The Morgan fingerprint density at radius 3 is 2.39 bits per heavy atom. The van der Waals surface area contributed by atoms with Gasteiger partial charge in [-0.05, 0) is 32.4 Å². The van der Waals surface area contributed by atoms with Gasteiger partial charge in [-0.15, -0.1) is 0 Å². The topological polar surface area (TPSA) is 85.9 Å². The number of anilines is 1. The van der Waals surface area contributed by atoms with Gasteiger partial charge < -0.3 is 24.8 Å². The van der Waals surface area contributed by atoms with Crippen LogP contribution in [0, 0.1) is 0 Å². The van der Waals surface area contributed by atoms with E-state index in [1.165, 1.54) is 7.11 Å². The maximum absolute atomic E-state index is 12.2. The highest BCUT2D eigenvalue weighted by molar-refractivity contribution is 6.00. The molecule has 0 saturated heterocycles. The molecular weight excluding hydrogens is 300 g/mol. The van der Waals surface area contributed by atoms with E-state index in [0.717, 1.165) is 5.56 Å². The third-order valence-corrected chi connectivity index (χ3v) is 3.30. The number of ether oxygens (including phenoxy) is 3. The monoisotopic (exact) mass is 322 g/mol. The van der Waals surface area contributed by atoms with Gasteiger partial charge in [-0.1, -0.05) is 0 Å². The van der Waals surface area contributed by atoms with Crippen LogP contribution in [0.5, 0.6) is 11.5 Å². The van der Waals surface area contributed by atoms with Gasteiger partial charge in [-0.25, -0.2) is 4.79 Å². The largest absolute Gasteiger partial charge is 0.493 e. The third-order valence-electron chi connectivity index (χ3n) is 3.30. The summed E-state index contributed by atoms with van der Waals surface area (Å²) < 4.78 is 15.7. The third kappa shape index (κ3) is 4.06. The molecule has 0 radical (unpaired) electrons. The summed E-state index contributed by atoms with van der Waals surface area (Å²) in [6.07, 6.45) is -0.276. The van der Waals surface area contributed by atoms with Crippen LogP contribution in [0.3, 0.4) is 0 Å². The lowest BCUT2D eigenvalue weighted by Gasteiger charge is -2.27. The molecule has 0 saturated carbocycles. The molecule has 23 heavy (non-hydrogen) atoms. The van der Waals surface area contributed by atoms with Crippen LogP contribution in [0.1, 0.15) is 26.3 Å². The second-order valence-electron chi connectivity index (χ2n) is 6.26. The zero-order valence-corrected chi connectivity index (χ0v) is 14.0. The number of amides is 2. The van der Waals surface area contributed by atoms with Gasteiger partial charge in [-0.2, -0.15) is 0 Å². The number of nitrogens with one attached hydrogen (secondary N) is 2. The van der Waals surface area contributed by atoms with E-state index in [1.54, 1.807) is 40.0 Å². The highest BCUT2D eigenvalue weighted by Crippen LogP contribution is 2.35. The maximum atomic E-state index is 12.2. The summed E-state index contributed by atoms with van der Waals surface area (Å²) in [4.78, 5) is 24.0. The second kappa shape index (κ2) is 6.36. The number of fused-ring (bicyclic) bond motifs is 1. The number of rotatable bonds is 3. The van der Waals surface area contributed by atoms with Gasteiger partial charge in [0, 0.05) is 18.2 Å². The van der Waals surface area contributed by atoms with E-state index >= 15 is 0 Å². The quantitative estimate of drug-likeness (QED) is 0.890. The summed E-state index contributed by atoms with van der Waals surface area (Å²) in [7, 11) is 3.07. The first-order valence-electron chi connectivity index (χ1n) is 7.29. The van der Waals surface area contributed by atoms with E-state index in [-0.39, 0.29) is 5.91 Å². The smallest absolute Gasteiger partial charge is 0.408 e. The molecule has 2 rings (SSSR count). The summed E-state index contributed by atoms with van der Waals surface area (Å²) >= 11 is 0. The first-order chi connectivity index (χ1) is 10.7. The van der Waals surface area contributed by atoms with Gasteiger partial charge in [0.2, 0.25) is 5.91 Å². The van der Waals surface area contributed by atoms with E-state index in [2.05, 4.69) is 10.6 Å². The Labute approximate surface area is 135 Å². The lowest BCUT2D eigenvalue weighted by atomic mass is 9.98. The molecule has 1 aliphatic heterocycles. The highest BCUT2D eigenvalue weighted by atomic mass is 16.6. The highest BCUT2D eigenvalue weighted by Gasteiger charge is 2.30. The summed E-state index contributed by atoms with van der Waals surface area (Å²) in [5.41, 5.74) is 0.877. The number of benzene rings is 1. The predicted octanol–water partition coefficient (Wildman–Crippen LogP) is 2.09. The summed E-state index contributed by atoms with van der Waals surface area (Å²) in [6, 6.07) is 2.79. The molecule has 126 valence electrons. The van der Waals surface area contributed by atoms with Crippen LogP contribution >= 0.6 is 0 Å². The van der Waals surface area contributed by atoms with Gasteiger partial charge >= 0.3 is 6.09 Å². The van der Waals surface area contributed by atoms with Crippen molar-refractivity contribution < 1.29 is 23.8 Å². The molecule has 0 spiro atoms. The molecule has 2 N–H and O–H groups in total. The van der Waals surface area contributed by atoms with Crippen molar-refractivity contribution in [3.63, 3.8) is 0 Å². The molecule has 1 unspecified atom stereocenters. The minimum absolute atomic E-state index is 0.296. The fourth-order valence-corrected chi connectivity index (χ4v) is 2.31. The summed E-state index contributed by atoms with van der Waals surface area (Å²) in [5, 5.41) is 5.35. The zero-order chi connectivity index (χ0) is 17.2. The molecular formula is C16H22N2O5. The van der Waals surface area contributed by atoms with Gasteiger partial charge in [0.25, 0.3) is 0 Å². The molecule has 1 aromatic rings. The number of carbonyl (C=O) groups excluding carboxylic acids is 2. The molecule has 1 atom stereocenters. The SMILES string of the molecule is COc1cc2c(cc1OC)NC(=O)C(NC(=O)OC(C)(C)C)C2. The van der Waals surface area contributed by atoms with Crippen LogP contribution in [0.4, 0.5) is 10.5 Å². The molecule has 2 amide bonds. The predicted molar refractivity (Wildman–Crippen MR) is 85.0 cm³/mol. The number of methoxy groups -OCH3 is 2. The first kappa shape index (κ1) is 16.9. The van der Waals surface area contributed by atoms with Crippen molar-refractivity contribution in [3.05, 3.63) is 17.7 Å². The van der Waals surface area contributed by atoms with Gasteiger partial charge in [0.05, 0.1) is 14.2 Å². The van der Waals surface area contributed by atoms with Crippen LogP contribution in [-0.2, 0) is 16.0 Å². The molecule has 0 aliphatic carbocycles. The maximum Gasteiger partial charge on any atom is 0.408 e. The molecule has 0 aromatic heterocycles. The van der Waals surface area contributed by atoms with Crippen molar-refractivity contribution in [3.8, 4) is 11.5 Å². The van der Waals surface area contributed by atoms with Crippen LogP contribution in [0.25, 0.3) is 0 Å². The standard InChI is InChI=1S/C16H22N2O5/c1-16(2,3)23-15(20)18-11-6-9-7-12(21-4)13(22-5)8-10(9)17-14(11)19/h7-8,11H,6H2,1-5H3,(H,17,19)(H,18,20). The van der Waals surface area contributed by atoms with Crippen LogP contribution in [0.15, 0.2) is 12.1 Å². The molecule has 1 aliphatic rings. The Kier molecular flexibility index (Phi) is 4.68. The van der Waals surface area contributed by atoms with E-state index < -0.39 is 17.7 Å². The average molecular weight is 322 g/mol. The van der Waals surface area contributed by atoms with Crippen LogP contribution < -0.4 is 20.1 Å². The summed E-state index contributed by atoms with van der Waals surface area (Å²) in [5.74, 6) is 0.805. The van der Waals surface area contributed by atoms with Gasteiger partial charge in [0.1, 0.15) is 11.6 Å². The first-order valence-corrected chi connectivity index (χ1v) is 7.29. The van der Waals surface area contributed by atoms with E-state index in [0.29, 0.717) is 23.6 Å². The zero-order valence-electron chi connectivity index (χ0n) is 14.0. The van der Waals surface area contributed by atoms with Crippen molar-refractivity contribution in [1.29, 1.82) is 0 Å². The van der Waals surface area contributed by atoms with E-state index in [4.69, 9.17) is 14.2 Å². The van der Waals surface area contributed by atoms with Crippen molar-refractivity contribution in [1.82, 2.24) is 5.32 Å². The summed E-state index contributed by atoms with van der Waals surface area (Å²) in [6.45, 7) is 5.29. The molecule has 7 nitrogen and oxygen atoms in total. The molecule has 1 aromatic carbocycles. The fourth-order valence-electron chi connectivity index (χ4n) is 2.31. The van der Waals surface area contributed by atoms with Crippen LogP contribution in [-0.4, -0.2) is 37.9 Å². The Balaban J connectivity index is 2.17. The number of hydrogen-bond donors (Lipinski definition) is 2. The van der Waals surface area contributed by atoms with Crippen LogP contribution in [0.2, 0.25) is 0 Å².